The normalized spacial score (nSPS) is 14.1. The standard InChI is InChI=1S/C25H35N3O6/c1-16(13-26)12-25(5,22(30)34-24(2,3)4)15-33-20-7-6-17(10-19(20)14-29)18-8-9-27-21(11-18)28-23(31)32/h6-11,16,29H,12-15,26H2,1-5H3,(H,27,28)(H,31,32). The molecule has 0 aliphatic heterocycles. The van der Waals surface area contributed by atoms with Gasteiger partial charge in [0.05, 0.1) is 12.0 Å². The lowest BCUT2D eigenvalue weighted by molar-refractivity contribution is -0.169. The van der Waals surface area contributed by atoms with Crippen molar-refractivity contribution in [3.63, 3.8) is 0 Å². The monoisotopic (exact) mass is 473 g/mol. The van der Waals surface area contributed by atoms with E-state index in [9.17, 15) is 14.7 Å². The molecule has 0 saturated heterocycles. The molecule has 0 fully saturated rings. The molecule has 0 aliphatic rings. The number of aliphatic hydroxyl groups is 1. The number of carbonyl (C=O) groups excluding carboxylic acids is 1. The zero-order chi connectivity index (χ0) is 25.5. The van der Waals surface area contributed by atoms with Gasteiger partial charge >= 0.3 is 12.1 Å². The molecule has 1 aromatic carbocycles. The van der Waals surface area contributed by atoms with Gasteiger partial charge in [-0.25, -0.2) is 9.78 Å². The molecule has 0 bridgehead atoms. The molecule has 9 nitrogen and oxygen atoms in total. The number of anilines is 1. The van der Waals surface area contributed by atoms with Crippen LogP contribution in [-0.2, 0) is 16.1 Å². The van der Waals surface area contributed by atoms with Gasteiger partial charge in [-0.1, -0.05) is 13.0 Å². The number of esters is 1. The van der Waals surface area contributed by atoms with Gasteiger partial charge in [0.1, 0.15) is 23.8 Å². The second-order valence-corrected chi connectivity index (χ2v) is 9.74. The number of amides is 1. The van der Waals surface area contributed by atoms with Crippen molar-refractivity contribution in [2.75, 3.05) is 18.5 Å². The van der Waals surface area contributed by atoms with Gasteiger partial charge in [0.25, 0.3) is 0 Å². The van der Waals surface area contributed by atoms with Crippen LogP contribution in [0.3, 0.4) is 0 Å². The third kappa shape index (κ3) is 7.71. The highest BCUT2D eigenvalue weighted by Crippen LogP contribution is 2.33. The first kappa shape index (κ1) is 27.1. The van der Waals surface area contributed by atoms with Crippen molar-refractivity contribution < 1.29 is 29.3 Å². The van der Waals surface area contributed by atoms with Gasteiger partial charge < -0.3 is 25.4 Å². The van der Waals surface area contributed by atoms with Crippen molar-refractivity contribution in [3.05, 3.63) is 42.1 Å². The van der Waals surface area contributed by atoms with Crippen LogP contribution in [0.2, 0.25) is 0 Å². The highest BCUT2D eigenvalue weighted by Gasteiger charge is 2.39. The van der Waals surface area contributed by atoms with E-state index >= 15 is 0 Å². The minimum atomic E-state index is -1.21. The molecular formula is C25H35N3O6. The highest BCUT2D eigenvalue weighted by molar-refractivity contribution is 5.82. The second-order valence-electron chi connectivity index (χ2n) is 9.74. The molecule has 1 heterocycles. The molecule has 0 saturated carbocycles. The number of nitrogens with one attached hydrogen (secondary N) is 1. The molecule has 2 unspecified atom stereocenters. The first-order chi connectivity index (χ1) is 15.9. The van der Waals surface area contributed by atoms with Crippen molar-refractivity contribution >= 4 is 17.9 Å². The summed E-state index contributed by atoms with van der Waals surface area (Å²) in [6, 6.07) is 8.59. The topological polar surface area (TPSA) is 144 Å². The maximum absolute atomic E-state index is 13.0. The predicted octanol–water partition coefficient (Wildman–Crippen LogP) is 4.04. The molecule has 0 radical (unpaired) electrons. The number of hydrogen-bond acceptors (Lipinski definition) is 7. The zero-order valence-corrected chi connectivity index (χ0v) is 20.4. The van der Waals surface area contributed by atoms with E-state index in [1.807, 2.05) is 27.7 Å². The summed E-state index contributed by atoms with van der Waals surface area (Å²) in [5.74, 6) is 0.358. The Morgan fingerprint density at radius 1 is 1.15 bits per heavy atom. The largest absolute Gasteiger partial charge is 0.492 e. The van der Waals surface area contributed by atoms with Gasteiger partial charge in [0.2, 0.25) is 0 Å². The molecule has 1 amide bonds. The van der Waals surface area contributed by atoms with Gasteiger partial charge in [-0.3, -0.25) is 10.1 Å². The molecule has 186 valence electrons. The quantitative estimate of drug-likeness (QED) is 0.378. The molecule has 2 rings (SSSR count). The van der Waals surface area contributed by atoms with Crippen LogP contribution in [0, 0.1) is 11.3 Å². The number of rotatable bonds is 10. The average molecular weight is 474 g/mol. The summed E-state index contributed by atoms with van der Waals surface area (Å²) >= 11 is 0. The summed E-state index contributed by atoms with van der Waals surface area (Å²) in [6.07, 6.45) is 0.775. The Morgan fingerprint density at radius 2 is 1.82 bits per heavy atom. The third-order valence-electron chi connectivity index (χ3n) is 5.20. The number of nitrogens with two attached hydrogens (primary N) is 1. The van der Waals surface area contributed by atoms with E-state index in [1.165, 1.54) is 6.20 Å². The molecule has 0 aliphatic carbocycles. The fraction of sp³-hybridized carbons (Fsp3) is 0.480. The van der Waals surface area contributed by atoms with Crippen molar-refractivity contribution in [2.24, 2.45) is 17.1 Å². The molecule has 2 atom stereocenters. The maximum Gasteiger partial charge on any atom is 0.410 e. The van der Waals surface area contributed by atoms with Crippen molar-refractivity contribution in [3.8, 4) is 16.9 Å². The molecule has 0 spiro atoms. The number of aliphatic hydroxyl groups excluding tert-OH is 1. The van der Waals surface area contributed by atoms with E-state index < -0.39 is 17.1 Å². The smallest absolute Gasteiger partial charge is 0.410 e. The summed E-state index contributed by atoms with van der Waals surface area (Å²) in [5, 5.41) is 21.1. The predicted molar refractivity (Wildman–Crippen MR) is 130 cm³/mol. The SMILES string of the molecule is CC(CN)CC(C)(COc1ccc(-c2ccnc(NC(=O)O)c2)cc1CO)C(=O)OC(C)(C)C. The maximum atomic E-state index is 13.0. The summed E-state index contributed by atoms with van der Waals surface area (Å²) < 4.78 is 11.7. The van der Waals surface area contributed by atoms with E-state index in [4.69, 9.17) is 20.3 Å². The van der Waals surface area contributed by atoms with Gasteiger partial charge in [0.15, 0.2) is 0 Å². The molecule has 34 heavy (non-hydrogen) atoms. The van der Waals surface area contributed by atoms with Gasteiger partial charge in [-0.2, -0.15) is 0 Å². The van der Waals surface area contributed by atoms with Crippen LogP contribution >= 0.6 is 0 Å². The van der Waals surface area contributed by atoms with Gasteiger partial charge in [0, 0.05) is 11.8 Å². The Labute approximate surface area is 200 Å². The molecule has 1 aromatic heterocycles. The molecule has 2 aromatic rings. The lowest BCUT2D eigenvalue weighted by atomic mass is 9.82. The molecule has 9 heteroatoms. The fourth-order valence-electron chi connectivity index (χ4n) is 3.50. The van der Waals surface area contributed by atoms with Gasteiger partial charge in [-0.15, -0.1) is 0 Å². The number of nitrogens with zero attached hydrogens (tertiary/aromatic N) is 1. The lowest BCUT2D eigenvalue weighted by Gasteiger charge is -2.33. The highest BCUT2D eigenvalue weighted by atomic mass is 16.6. The van der Waals surface area contributed by atoms with Crippen LogP contribution in [0.1, 0.15) is 46.6 Å². The van der Waals surface area contributed by atoms with Crippen molar-refractivity contribution in [1.82, 2.24) is 4.98 Å². The van der Waals surface area contributed by atoms with Crippen molar-refractivity contribution in [1.29, 1.82) is 0 Å². The van der Waals surface area contributed by atoms with E-state index in [0.29, 0.717) is 24.3 Å². The Hall–Kier alpha value is -3.17. The number of hydrogen-bond donors (Lipinski definition) is 4. The van der Waals surface area contributed by atoms with E-state index in [2.05, 4.69) is 10.3 Å². The molecule has 5 N–H and O–H groups in total. The minimum Gasteiger partial charge on any atom is -0.492 e. The Balaban J connectivity index is 2.27. The number of carboxylic acid groups (broad SMARTS) is 1. The van der Waals surface area contributed by atoms with Crippen LogP contribution < -0.4 is 15.8 Å². The Bertz CT molecular complexity index is 1000. The second kappa shape index (κ2) is 11.3. The van der Waals surface area contributed by atoms with Gasteiger partial charge in [-0.05, 0) is 82.0 Å². The number of pyridine rings is 1. The van der Waals surface area contributed by atoms with E-state index in [0.717, 1.165) is 11.1 Å². The number of ether oxygens (including phenoxy) is 2. The number of aromatic nitrogens is 1. The lowest BCUT2D eigenvalue weighted by Crippen LogP contribution is -2.41. The Morgan fingerprint density at radius 3 is 2.41 bits per heavy atom. The molecular weight excluding hydrogens is 438 g/mol. The summed E-state index contributed by atoms with van der Waals surface area (Å²) in [6.45, 7) is 9.43. The minimum absolute atomic E-state index is 0.0561. The zero-order valence-electron chi connectivity index (χ0n) is 20.4. The first-order valence-corrected chi connectivity index (χ1v) is 11.1. The van der Waals surface area contributed by atoms with Crippen molar-refractivity contribution in [2.45, 2.75) is 53.2 Å². The summed E-state index contributed by atoms with van der Waals surface area (Å²) in [4.78, 5) is 27.9. The van der Waals surface area contributed by atoms with Crippen LogP contribution in [0.4, 0.5) is 10.6 Å². The average Bonchev–Trinajstić information content (AvgIpc) is 2.76. The number of carbonyl (C=O) groups is 2. The summed E-state index contributed by atoms with van der Waals surface area (Å²) in [5.41, 5.74) is 6.23. The van der Waals surface area contributed by atoms with Crippen LogP contribution in [0.15, 0.2) is 36.5 Å². The number of benzene rings is 1. The van der Waals surface area contributed by atoms with Crippen LogP contribution in [-0.4, -0.2) is 46.0 Å². The fourth-order valence-corrected chi connectivity index (χ4v) is 3.50. The van der Waals surface area contributed by atoms with E-state index in [1.54, 1.807) is 37.3 Å². The van der Waals surface area contributed by atoms with Crippen LogP contribution in [0.25, 0.3) is 11.1 Å². The van der Waals surface area contributed by atoms with Crippen LogP contribution in [0.5, 0.6) is 5.75 Å². The first-order valence-electron chi connectivity index (χ1n) is 11.1. The third-order valence-corrected chi connectivity index (χ3v) is 5.20. The Kier molecular flexibility index (Phi) is 9.00. The summed E-state index contributed by atoms with van der Waals surface area (Å²) in [7, 11) is 0. The van der Waals surface area contributed by atoms with E-state index in [-0.39, 0.29) is 30.9 Å².